The third kappa shape index (κ3) is 5.82. The standard InChI is InChI=1S/C58H38N2O/c1-3-15-39(16-4-1)40-29-33-45(34-30-40)59(46-21-13-18-42(37-46)48-25-14-28-56-57(48)51-35-31-41-17-7-8-23-49(41)58(51)61-56)53-26-11-9-22-47(53)43-32-36-55-52(38-43)50-24-10-12-27-54(50)60(55)44-19-5-2-6-20-44/h1-38H. The first-order valence-corrected chi connectivity index (χ1v) is 20.8. The van der Waals surface area contributed by atoms with Gasteiger partial charge in [0.05, 0.1) is 16.7 Å². The third-order valence-electron chi connectivity index (χ3n) is 12.2. The molecule has 0 N–H and O–H groups in total. The molecule has 0 aliphatic rings. The van der Waals surface area contributed by atoms with Gasteiger partial charge in [0.1, 0.15) is 11.2 Å². The Balaban J connectivity index is 1.04. The van der Waals surface area contributed by atoms with Crippen LogP contribution in [0.2, 0.25) is 0 Å². The molecule has 0 saturated carbocycles. The van der Waals surface area contributed by atoms with E-state index >= 15 is 0 Å². The number of hydrogen-bond acceptors (Lipinski definition) is 2. The lowest BCUT2D eigenvalue weighted by Crippen LogP contribution is -2.11. The fraction of sp³-hybridized carbons (Fsp3) is 0. The molecule has 3 nitrogen and oxygen atoms in total. The zero-order chi connectivity index (χ0) is 40.3. The molecule has 286 valence electrons. The summed E-state index contributed by atoms with van der Waals surface area (Å²) in [5, 5.41) is 7.00. The molecule has 61 heavy (non-hydrogen) atoms. The normalized spacial score (nSPS) is 11.6. The zero-order valence-corrected chi connectivity index (χ0v) is 33.2. The Kier molecular flexibility index (Phi) is 8.17. The molecule has 0 fully saturated rings. The van der Waals surface area contributed by atoms with Gasteiger partial charge in [-0.15, -0.1) is 0 Å². The number of rotatable bonds is 7. The Morgan fingerprint density at radius 1 is 0.361 bits per heavy atom. The lowest BCUT2D eigenvalue weighted by atomic mass is 9.96. The summed E-state index contributed by atoms with van der Waals surface area (Å²) in [6, 6.07) is 82.9. The van der Waals surface area contributed by atoms with Gasteiger partial charge in [0.2, 0.25) is 0 Å². The van der Waals surface area contributed by atoms with E-state index in [0.29, 0.717) is 0 Å². The molecule has 12 aromatic rings. The second-order valence-corrected chi connectivity index (χ2v) is 15.7. The monoisotopic (exact) mass is 778 g/mol. The topological polar surface area (TPSA) is 21.3 Å². The summed E-state index contributed by atoms with van der Waals surface area (Å²) in [4.78, 5) is 2.41. The fourth-order valence-corrected chi connectivity index (χ4v) is 9.38. The van der Waals surface area contributed by atoms with Crippen molar-refractivity contribution in [3.63, 3.8) is 0 Å². The van der Waals surface area contributed by atoms with Gasteiger partial charge in [-0.05, 0) is 106 Å². The van der Waals surface area contributed by atoms with E-state index in [1.807, 2.05) is 0 Å². The summed E-state index contributed by atoms with van der Waals surface area (Å²) in [5.74, 6) is 0. The average molecular weight is 779 g/mol. The summed E-state index contributed by atoms with van der Waals surface area (Å²) in [5.41, 5.74) is 15.5. The maximum atomic E-state index is 6.63. The Morgan fingerprint density at radius 3 is 1.87 bits per heavy atom. The van der Waals surface area contributed by atoms with Crippen LogP contribution in [0.25, 0.3) is 93.6 Å². The quantitative estimate of drug-likeness (QED) is 0.161. The molecule has 0 atom stereocenters. The van der Waals surface area contributed by atoms with E-state index in [2.05, 4.69) is 240 Å². The first-order valence-electron chi connectivity index (χ1n) is 20.8. The molecule has 0 bridgehead atoms. The van der Waals surface area contributed by atoms with Crippen LogP contribution in [0.3, 0.4) is 0 Å². The maximum Gasteiger partial charge on any atom is 0.143 e. The van der Waals surface area contributed by atoms with Crippen molar-refractivity contribution < 1.29 is 4.42 Å². The van der Waals surface area contributed by atoms with E-state index in [-0.39, 0.29) is 0 Å². The van der Waals surface area contributed by atoms with Crippen molar-refractivity contribution in [3.8, 4) is 39.1 Å². The number of nitrogens with zero attached hydrogens (tertiary/aromatic N) is 2. The highest BCUT2D eigenvalue weighted by molar-refractivity contribution is 6.19. The number of aromatic nitrogens is 1. The molecule has 2 aromatic heterocycles. The number of hydrogen-bond donors (Lipinski definition) is 0. The molecule has 0 aliphatic heterocycles. The van der Waals surface area contributed by atoms with Crippen LogP contribution >= 0.6 is 0 Å². The first kappa shape index (κ1) is 34.9. The summed E-state index contributed by atoms with van der Waals surface area (Å²) in [7, 11) is 0. The van der Waals surface area contributed by atoms with Gasteiger partial charge >= 0.3 is 0 Å². The van der Waals surface area contributed by atoms with Crippen LogP contribution in [-0.4, -0.2) is 4.57 Å². The number of benzene rings is 10. The maximum absolute atomic E-state index is 6.63. The molecule has 12 rings (SSSR count). The highest BCUT2D eigenvalue weighted by Crippen LogP contribution is 2.45. The average Bonchev–Trinajstić information content (AvgIpc) is 3.89. The Bertz CT molecular complexity index is 3580. The minimum Gasteiger partial charge on any atom is -0.455 e. The highest BCUT2D eigenvalue weighted by Gasteiger charge is 2.21. The van der Waals surface area contributed by atoms with Crippen LogP contribution in [0.4, 0.5) is 17.1 Å². The van der Waals surface area contributed by atoms with E-state index in [9.17, 15) is 0 Å². The summed E-state index contributed by atoms with van der Waals surface area (Å²) in [6.07, 6.45) is 0. The molecule has 0 amide bonds. The van der Waals surface area contributed by atoms with E-state index in [4.69, 9.17) is 4.42 Å². The molecule has 2 heterocycles. The number of furan rings is 1. The van der Waals surface area contributed by atoms with Crippen molar-refractivity contribution in [2.75, 3.05) is 4.90 Å². The molecule has 0 radical (unpaired) electrons. The molecule has 0 spiro atoms. The zero-order valence-electron chi connectivity index (χ0n) is 33.2. The third-order valence-corrected chi connectivity index (χ3v) is 12.2. The molecular formula is C58H38N2O. The summed E-state index contributed by atoms with van der Waals surface area (Å²) < 4.78 is 9.00. The molecular weight excluding hydrogens is 741 g/mol. The van der Waals surface area contributed by atoms with E-state index in [1.54, 1.807) is 0 Å². The van der Waals surface area contributed by atoms with Crippen LogP contribution in [0.5, 0.6) is 0 Å². The Hall–Kier alpha value is -8.14. The second kappa shape index (κ2) is 14.3. The van der Waals surface area contributed by atoms with Crippen LogP contribution in [0.1, 0.15) is 0 Å². The Morgan fingerprint density at radius 2 is 1.00 bits per heavy atom. The van der Waals surface area contributed by atoms with Gasteiger partial charge in [0.15, 0.2) is 0 Å². The fourth-order valence-electron chi connectivity index (χ4n) is 9.38. The van der Waals surface area contributed by atoms with Crippen molar-refractivity contribution in [2.45, 2.75) is 0 Å². The van der Waals surface area contributed by atoms with Crippen molar-refractivity contribution in [1.29, 1.82) is 0 Å². The van der Waals surface area contributed by atoms with E-state index in [1.165, 1.54) is 38.3 Å². The molecule has 0 unspecified atom stereocenters. The predicted molar refractivity (Wildman–Crippen MR) is 257 cm³/mol. The smallest absolute Gasteiger partial charge is 0.143 e. The van der Waals surface area contributed by atoms with Gasteiger partial charge in [-0.1, -0.05) is 158 Å². The first-order chi connectivity index (χ1) is 30.3. The van der Waals surface area contributed by atoms with Gasteiger partial charge in [-0.25, -0.2) is 0 Å². The number of fused-ring (bicyclic) bond motifs is 8. The van der Waals surface area contributed by atoms with Crippen LogP contribution in [0.15, 0.2) is 235 Å². The SMILES string of the molecule is c1ccc(-c2ccc(N(c3cccc(-c4cccc5oc6c7ccccc7ccc6c45)c3)c3ccccc3-c3ccc4c(c3)c3ccccc3n4-c3ccccc3)cc2)cc1. The molecule has 10 aromatic carbocycles. The van der Waals surface area contributed by atoms with Crippen LogP contribution in [-0.2, 0) is 0 Å². The second-order valence-electron chi connectivity index (χ2n) is 15.7. The Labute approximate surface area is 353 Å². The summed E-state index contributed by atoms with van der Waals surface area (Å²) in [6.45, 7) is 0. The molecule has 0 aliphatic carbocycles. The van der Waals surface area contributed by atoms with E-state index < -0.39 is 0 Å². The van der Waals surface area contributed by atoms with Crippen LogP contribution in [0, 0.1) is 0 Å². The molecule has 0 saturated heterocycles. The van der Waals surface area contributed by atoms with Crippen molar-refractivity contribution >= 4 is 71.6 Å². The number of anilines is 3. The highest BCUT2D eigenvalue weighted by atomic mass is 16.3. The van der Waals surface area contributed by atoms with Crippen molar-refractivity contribution in [2.24, 2.45) is 0 Å². The largest absolute Gasteiger partial charge is 0.455 e. The lowest BCUT2D eigenvalue weighted by Gasteiger charge is -2.28. The predicted octanol–water partition coefficient (Wildman–Crippen LogP) is 16.3. The van der Waals surface area contributed by atoms with Gasteiger partial charge in [0, 0.05) is 49.6 Å². The van der Waals surface area contributed by atoms with E-state index in [0.717, 1.165) is 72.3 Å². The summed E-state index contributed by atoms with van der Waals surface area (Å²) >= 11 is 0. The van der Waals surface area contributed by atoms with Gasteiger partial charge in [-0.2, -0.15) is 0 Å². The van der Waals surface area contributed by atoms with Gasteiger partial charge in [0.25, 0.3) is 0 Å². The minimum atomic E-state index is 0.886. The minimum absolute atomic E-state index is 0.886. The van der Waals surface area contributed by atoms with Gasteiger partial charge in [-0.3, -0.25) is 0 Å². The van der Waals surface area contributed by atoms with Gasteiger partial charge < -0.3 is 13.9 Å². The molecule has 3 heteroatoms. The van der Waals surface area contributed by atoms with Crippen molar-refractivity contribution in [1.82, 2.24) is 4.57 Å². The number of para-hydroxylation sites is 3. The lowest BCUT2D eigenvalue weighted by molar-refractivity contribution is 0.673. The van der Waals surface area contributed by atoms with Crippen LogP contribution < -0.4 is 4.90 Å². The van der Waals surface area contributed by atoms with Crippen molar-refractivity contribution in [3.05, 3.63) is 231 Å².